The van der Waals surface area contributed by atoms with E-state index in [9.17, 15) is 14.4 Å². The maximum absolute atomic E-state index is 13.1. The van der Waals surface area contributed by atoms with Crippen LogP contribution < -0.4 is 29.6 Å². The van der Waals surface area contributed by atoms with E-state index in [1.54, 1.807) is 6.07 Å². The largest absolute Gasteiger partial charge is 0.479 e. The lowest BCUT2D eigenvalue weighted by atomic mass is 10.2. The fraction of sp³-hybridized carbons (Fsp3) is 0.423. The molecule has 0 spiro atoms. The Balaban J connectivity index is 1.78. The van der Waals surface area contributed by atoms with Crippen LogP contribution in [0.25, 0.3) is 0 Å². The van der Waals surface area contributed by atoms with E-state index in [1.165, 1.54) is 31.2 Å². The highest BCUT2D eigenvalue weighted by Crippen LogP contribution is 2.34. The van der Waals surface area contributed by atoms with E-state index in [1.807, 2.05) is 37.2 Å². The summed E-state index contributed by atoms with van der Waals surface area (Å²) in [4.78, 5) is 49.8. The van der Waals surface area contributed by atoms with Gasteiger partial charge in [-0.05, 0) is 26.2 Å². The lowest BCUT2D eigenvalue weighted by molar-refractivity contribution is -0.134. The minimum atomic E-state index is -1.59. The predicted octanol–water partition coefficient (Wildman–Crippen LogP) is 1.78. The number of carbonyl (C=O) groups excluding carboxylic acids is 3. The van der Waals surface area contributed by atoms with Crippen LogP contribution in [0.5, 0.6) is 17.5 Å². The first-order valence-corrected chi connectivity index (χ1v) is 15.8. The zero-order chi connectivity index (χ0) is 28.9. The molecule has 1 atom stereocenters. The number of benzene rings is 1. The first-order valence-electron chi connectivity index (χ1n) is 12.3. The number of ketones is 1. The zero-order valence-corrected chi connectivity index (χ0v) is 24.5. The van der Waals surface area contributed by atoms with Crippen molar-refractivity contribution >= 4 is 42.5 Å². The molecule has 2 aromatic rings. The van der Waals surface area contributed by atoms with Crippen molar-refractivity contribution in [2.24, 2.45) is 0 Å². The summed E-state index contributed by atoms with van der Waals surface area (Å²) >= 11 is 0. The van der Waals surface area contributed by atoms with Crippen LogP contribution in [0, 0.1) is 0 Å². The number of hydrogen-bond donors (Lipinski definition) is 1. The quantitative estimate of drug-likeness (QED) is 0.322. The molecule has 0 bridgehead atoms. The molecule has 0 saturated carbocycles. The summed E-state index contributed by atoms with van der Waals surface area (Å²) in [5, 5.41) is 3.73. The molecule has 13 heteroatoms. The third-order valence-corrected chi connectivity index (χ3v) is 7.81. The first kappa shape index (κ1) is 29.6. The molecule has 0 saturated heterocycles. The van der Waals surface area contributed by atoms with Crippen LogP contribution in [-0.2, 0) is 19.1 Å². The lowest BCUT2D eigenvalue weighted by Gasteiger charge is -2.23. The second-order valence-electron chi connectivity index (χ2n) is 10.1. The number of ether oxygens (including phenoxy) is 4. The number of hydrogen-bond acceptors (Lipinski definition) is 10. The van der Waals surface area contributed by atoms with Gasteiger partial charge in [-0.3, -0.25) is 19.3 Å². The molecule has 1 aromatic carbocycles. The Morgan fingerprint density at radius 2 is 1.72 bits per heavy atom. The van der Waals surface area contributed by atoms with Gasteiger partial charge in [0.25, 0.3) is 11.9 Å². The van der Waals surface area contributed by atoms with Crippen LogP contribution in [-0.4, -0.2) is 88.0 Å². The average molecular weight is 558 g/mol. The first-order chi connectivity index (χ1) is 18.3. The Morgan fingerprint density at radius 3 is 2.26 bits per heavy atom. The topological polar surface area (TPSA) is 132 Å². The van der Waals surface area contributed by atoms with E-state index in [-0.39, 0.29) is 35.2 Å². The van der Waals surface area contributed by atoms with E-state index < -0.39 is 25.9 Å². The van der Waals surface area contributed by atoms with E-state index >= 15 is 0 Å². The van der Waals surface area contributed by atoms with Crippen molar-refractivity contribution in [2.45, 2.75) is 32.7 Å². The Morgan fingerprint density at radius 1 is 1.08 bits per heavy atom. The summed E-state index contributed by atoms with van der Waals surface area (Å²) in [6.07, 6.45) is -0.363. The smallest absolute Gasteiger partial charge is 0.289 e. The number of amides is 2. The van der Waals surface area contributed by atoms with Gasteiger partial charge in [-0.2, -0.15) is 9.97 Å². The van der Waals surface area contributed by atoms with Gasteiger partial charge in [0.2, 0.25) is 35.5 Å². The van der Waals surface area contributed by atoms with Crippen molar-refractivity contribution in [3.8, 4) is 17.5 Å². The highest BCUT2D eigenvalue weighted by atomic mass is 28.3. The van der Waals surface area contributed by atoms with Crippen LogP contribution in [0.1, 0.15) is 6.92 Å². The Labute approximate surface area is 228 Å². The molecule has 0 aliphatic carbocycles. The number of likely N-dealkylation sites (N-methyl/N-ethyl adjacent to an activating group) is 1. The van der Waals surface area contributed by atoms with Crippen molar-refractivity contribution in [3.05, 3.63) is 36.3 Å². The molecule has 0 radical (unpaired) electrons. The summed E-state index contributed by atoms with van der Waals surface area (Å²) in [5.41, 5.74) is -0.0153. The SMILES string of the molecule is COc1nc(N(CCN(C)C)C(C)=O)nc(OC)c1NC(=O)C1OC(Oc2cccc([Si](C)(C)C)c2)=CC1=O. The Bertz CT molecular complexity index is 1250. The summed E-state index contributed by atoms with van der Waals surface area (Å²) in [7, 11) is 4.86. The maximum Gasteiger partial charge on any atom is 0.289 e. The van der Waals surface area contributed by atoms with E-state index in [0.29, 0.717) is 18.8 Å². The van der Waals surface area contributed by atoms with Gasteiger partial charge in [0, 0.05) is 20.0 Å². The third kappa shape index (κ3) is 7.33. The molecule has 12 nitrogen and oxygen atoms in total. The van der Waals surface area contributed by atoms with E-state index in [2.05, 4.69) is 34.9 Å². The van der Waals surface area contributed by atoms with Gasteiger partial charge < -0.3 is 29.2 Å². The maximum atomic E-state index is 13.1. The monoisotopic (exact) mass is 557 g/mol. The second-order valence-corrected chi connectivity index (χ2v) is 15.2. The van der Waals surface area contributed by atoms with Crippen LogP contribution in [0.2, 0.25) is 19.6 Å². The van der Waals surface area contributed by atoms with Crippen LogP contribution in [0.3, 0.4) is 0 Å². The van der Waals surface area contributed by atoms with Crippen molar-refractivity contribution in [1.29, 1.82) is 0 Å². The number of methoxy groups -OCH3 is 2. The van der Waals surface area contributed by atoms with Crippen LogP contribution >= 0.6 is 0 Å². The number of rotatable bonds is 11. The molecule has 39 heavy (non-hydrogen) atoms. The number of anilines is 2. The molecule has 210 valence electrons. The van der Waals surface area contributed by atoms with E-state index in [0.717, 1.165) is 6.08 Å². The molecule has 1 aliphatic rings. The fourth-order valence-electron chi connectivity index (χ4n) is 3.60. The molecule has 1 unspecified atom stereocenters. The minimum Gasteiger partial charge on any atom is -0.479 e. The summed E-state index contributed by atoms with van der Waals surface area (Å²) in [6.45, 7) is 8.91. The second kappa shape index (κ2) is 12.3. The molecule has 1 N–H and O–H groups in total. The Hall–Kier alpha value is -3.97. The fourth-order valence-corrected chi connectivity index (χ4v) is 4.77. The molecular weight excluding hydrogens is 522 g/mol. The molecule has 3 rings (SSSR count). The molecule has 1 aliphatic heterocycles. The minimum absolute atomic E-state index is 0.0153. The highest BCUT2D eigenvalue weighted by molar-refractivity contribution is 6.88. The molecule has 0 fully saturated rings. The standard InChI is InChI=1S/C26H35N5O7Si/c1-16(32)31(13-12-30(2)3)26-28-24(35-4)21(25(29-26)36-5)27-23(34)22-19(33)15-20(38-22)37-17-10-9-11-18(14-17)39(6,7)8/h9-11,14-15,22H,12-13H2,1-8H3,(H,27,34). The molecule has 2 amide bonds. The number of carbonyl (C=O) groups is 3. The van der Waals surface area contributed by atoms with Gasteiger partial charge in [-0.1, -0.05) is 37.0 Å². The highest BCUT2D eigenvalue weighted by Gasteiger charge is 2.37. The van der Waals surface area contributed by atoms with Crippen molar-refractivity contribution in [3.63, 3.8) is 0 Å². The van der Waals surface area contributed by atoms with E-state index in [4.69, 9.17) is 18.9 Å². The van der Waals surface area contributed by atoms with Crippen LogP contribution in [0.4, 0.5) is 11.6 Å². The van der Waals surface area contributed by atoms with Crippen molar-refractivity contribution in [2.75, 3.05) is 51.6 Å². The summed E-state index contributed by atoms with van der Waals surface area (Å²) in [5.74, 6) is -1.32. The number of aromatic nitrogens is 2. The van der Waals surface area contributed by atoms with Crippen molar-refractivity contribution in [1.82, 2.24) is 14.9 Å². The van der Waals surface area contributed by atoms with Gasteiger partial charge in [-0.15, -0.1) is 0 Å². The van der Waals surface area contributed by atoms with Gasteiger partial charge in [0.1, 0.15) is 5.75 Å². The van der Waals surface area contributed by atoms with Crippen LogP contribution in [0.15, 0.2) is 36.3 Å². The van der Waals surface area contributed by atoms with Gasteiger partial charge in [0.05, 0.1) is 28.4 Å². The summed E-state index contributed by atoms with van der Waals surface area (Å²) in [6, 6.07) is 7.58. The lowest BCUT2D eigenvalue weighted by Crippen LogP contribution is -2.37. The molecular formula is C26H35N5O7Si. The normalized spacial score (nSPS) is 14.9. The molecule has 2 heterocycles. The Kier molecular flexibility index (Phi) is 9.30. The van der Waals surface area contributed by atoms with Crippen molar-refractivity contribution < 1.29 is 33.3 Å². The number of nitrogens with zero attached hydrogens (tertiary/aromatic N) is 4. The number of nitrogens with one attached hydrogen (secondary N) is 1. The van der Waals surface area contributed by atoms with Gasteiger partial charge in [0.15, 0.2) is 5.69 Å². The summed E-state index contributed by atoms with van der Waals surface area (Å²) < 4.78 is 22.0. The van der Waals surface area contributed by atoms with Gasteiger partial charge >= 0.3 is 0 Å². The average Bonchev–Trinajstić information content (AvgIpc) is 3.23. The van der Waals surface area contributed by atoms with Gasteiger partial charge in [-0.25, -0.2) is 0 Å². The molecule has 1 aromatic heterocycles. The third-order valence-electron chi connectivity index (χ3n) is 5.77. The predicted molar refractivity (Wildman–Crippen MR) is 148 cm³/mol. The zero-order valence-electron chi connectivity index (χ0n) is 23.5.